The fraction of sp³-hybridized carbons (Fsp3) is 0.474. The quantitative estimate of drug-likeness (QED) is 0.142. The Bertz CT molecular complexity index is 704. The van der Waals surface area contributed by atoms with E-state index in [2.05, 4.69) is 61.7 Å². The lowest BCUT2D eigenvalue weighted by Gasteiger charge is -2.10. The van der Waals surface area contributed by atoms with Gasteiger partial charge in [0, 0.05) is 22.5 Å². The van der Waals surface area contributed by atoms with Crippen LogP contribution < -0.4 is 10.6 Å². The van der Waals surface area contributed by atoms with Crippen molar-refractivity contribution >= 4 is 57.6 Å². The number of hydrogen-bond acceptors (Lipinski definition) is 4. The van der Waals surface area contributed by atoms with Crippen LogP contribution in [0.5, 0.6) is 0 Å². The van der Waals surface area contributed by atoms with Crippen molar-refractivity contribution in [1.29, 1.82) is 0 Å². The highest BCUT2D eigenvalue weighted by Crippen LogP contribution is 2.27. The van der Waals surface area contributed by atoms with Crippen LogP contribution in [-0.4, -0.2) is 29.8 Å². The Morgan fingerprint density at radius 1 is 1.22 bits per heavy atom. The molecule has 1 aromatic heterocycles. The van der Waals surface area contributed by atoms with Crippen LogP contribution >= 0.6 is 51.7 Å². The van der Waals surface area contributed by atoms with Gasteiger partial charge in [0.25, 0.3) is 0 Å². The lowest BCUT2D eigenvalue weighted by molar-refractivity contribution is 0.472. The molecular weight excluding hydrogens is 539 g/mol. The molecule has 0 atom stereocenters. The third-order valence-corrected chi connectivity index (χ3v) is 5.86. The van der Waals surface area contributed by atoms with Gasteiger partial charge in [0.1, 0.15) is 12.3 Å². The first kappa shape index (κ1) is 24.3. The van der Waals surface area contributed by atoms with E-state index < -0.39 is 0 Å². The molecule has 0 saturated heterocycles. The van der Waals surface area contributed by atoms with Crippen molar-refractivity contribution in [2.75, 3.05) is 18.8 Å². The number of halogens is 2. The smallest absolute Gasteiger partial charge is 0.216 e. The van der Waals surface area contributed by atoms with Crippen LogP contribution in [0.2, 0.25) is 0 Å². The molecule has 150 valence electrons. The normalized spacial score (nSPS) is 11.2. The maximum Gasteiger partial charge on any atom is 0.216 e. The molecule has 1 aromatic carbocycles. The standard InChI is InChI=1S/C19H27BrN4OS.HI/c1-4-21-19(23-13-18-24-14(2)15(3)25-18)22-11-7-8-12-26-17-10-6-5-9-16(17)20;/h5-6,9-10H,4,7-8,11-13H2,1-3H3,(H2,21,22,23);1H. The van der Waals surface area contributed by atoms with Crippen molar-refractivity contribution in [1.82, 2.24) is 15.6 Å². The van der Waals surface area contributed by atoms with E-state index in [4.69, 9.17) is 4.42 Å². The number of benzene rings is 1. The Kier molecular flexibility index (Phi) is 12.1. The zero-order chi connectivity index (χ0) is 18.8. The highest BCUT2D eigenvalue weighted by molar-refractivity contribution is 14.0. The average Bonchev–Trinajstić information content (AvgIpc) is 2.95. The second kappa shape index (κ2) is 13.4. The summed E-state index contributed by atoms with van der Waals surface area (Å²) in [5.74, 6) is 3.42. The molecule has 8 heteroatoms. The van der Waals surface area contributed by atoms with Gasteiger partial charge in [-0.3, -0.25) is 0 Å². The number of rotatable bonds is 9. The third kappa shape index (κ3) is 8.87. The maximum absolute atomic E-state index is 5.57. The van der Waals surface area contributed by atoms with Gasteiger partial charge in [-0.05, 0) is 67.4 Å². The number of nitrogens with one attached hydrogen (secondary N) is 2. The summed E-state index contributed by atoms with van der Waals surface area (Å²) < 4.78 is 6.74. The number of aliphatic imine (C=N–C) groups is 1. The minimum atomic E-state index is 0. The summed E-state index contributed by atoms with van der Waals surface area (Å²) in [6.45, 7) is 8.10. The molecular formula is C19H28BrIN4OS. The van der Waals surface area contributed by atoms with Gasteiger partial charge in [-0.25, -0.2) is 9.98 Å². The molecule has 2 aromatic rings. The molecule has 0 saturated carbocycles. The Morgan fingerprint density at radius 2 is 2.00 bits per heavy atom. The number of hydrogen-bond donors (Lipinski definition) is 2. The highest BCUT2D eigenvalue weighted by Gasteiger charge is 2.05. The number of oxazole rings is 1. The molecule has 0 fully saturated rings. The average molecular weight is 567 g/mol. The zero-order valence-electron chi connectivity index (χ0n) is 16.0. The second-order valence-corrected chi connectivity index (χ2v) is 7.85. The summed E-state index contributed by atoms with van der Waals surface area (Å²) in [5, 5.41) is 6.63. The van der Waals surface area contributed by atoms with Crippen molar-refractivity contribution in [2.24, 2.45) is 4.99 Å². The van der Waals surface area contributed by atoms with Gasteiger partial charge in [-0.1, -0.05) is 12.1 Å². The Morgan fingerprint density at radius 3 is 2.67 bits per heavy atom. The van der Waals surface area contributed by atoms with E-state index in [1.807, 2.05) is 31.7 Å². The maximum atomic E-state index is 5.57. The van der Waals surface area contributed by atoms with Crippen LogP contribution in [-0.2, 0) is 6.54 Å². The molecule has 0 amide bonds. The first-order valence-corrected chi connectivity index (χ1v) is 10.7. The minimum Gasteiger partial charge on any atom is -0.444 e. The number of nitrogens with zero attached hydrogens (tertiary/aromatic N) is 2. The fourth-order valence-electron chi connectivity index (χ4n) is 2.27. The topological polar surface area (TPSA) is 62.5 Å². The second-order valence-electron chi connectivity index (χ2n) is 5.86. The molecule has 0 spiro atoms. The first-order chi connectivity index (χ1) is 12.6. The number of thioether (sulfide) groups is 1. The zero-order valence-corrected chi connectivity index (χ0v) is 20.8. The molecule has 0 unspecified atom stereocenters. The van der Waals surface area contributed by atoms with Gasteiger partial charge >= 0.3 is 0 Å². The minimum absolute atomic E-state index is 0. The van der Waals surface area contributed by atoms with E-state index in [1.165, 1.54) is 9.37 Å². The lowest BCUT2D eigenvalue weighted by atomic mass is 10.3. The molecule has 27 heavy (non-hydrogen) atoms. The van der Waals surface area contributed by atoms with Crippen molar-refractivity contribution in [3.05, 3.63) is 46.1 Å². The predicted octanol–water partition coefficient (Wildman–Crippen LogP) is 5.30. The number of unbranched alkanes of at least 4 members (excludes halogenated alkanes) is 1. The fourth-order valence-corrected chi connectivity index (χ4v) is 3.85. The van der Waals surface area contributed by atoms with Gasteiger partial charge in [0.15, 0.2) is 5.96 Å². The molecule has 2 N–H and O–H groups in total. The van der Waals surface area contributed by atoms with Crippen molar-refractivity contribution in [3.63, 3.8) is 0 Å². The van der Waals surface area contributed by atoms with Crippen LogP contribution in [0.4, 0.5) is 0 Å². The molecule has 0 aliphatic carbocycles. The number of guanidine groups is 1. The van der Waals surface area contributed by atoms with E-state index in [0.717, 1.165) is 49.1 Å². The van der Waals surface area contributed by atoms with E-state index >= 15 is 0 Å². The van der Waals surface area contributed by atoms with Crippen molar-refractivity contribution < 1.29 is 4.42 Å². The van der Waals surface area contributed by atoms with Crippen LogP contribution in [0.1, 0.15) is 37.1 Å². The summed E-state index contributed by atoms with van der Waals surface area (Å²) in [6.07, 6.45) is 2.25. The van der Waals surface area contributed by atoms with Gasteiger partial charge in [0.2, 0.25) is 5.89 Å². The van der Waals surface area contributed by atoms with Gasteiger partial charge in [0.05, 0.1) is 5.69 Å². The Hall–Kier alpha value is -0.740. The van der Waals surface area contributed by atoms with Crippen molar-refractivity contribution in [3.8, 4) is 0 Å². The van der Waals surface area contributed by atoms with Crippen LogP contribution in [0.25, 0.3) is 0 Å². The van der Waals surface area contributed by atoms with Gasteiger partial charge in [-0.2, -0.15) is 0 Å². The summed E-state index contributed by atoms with van der Waals surface area (Å²) in [7, 11) is 0. The Balaban J connectivity index is 0.00000364. The van der Waals surface area contributed by atoms with E-state index in [0.29, 0.717) is 12.4 Å². The van der Waals surface area contributed by atoms with E-state index in [9.17, 15) is 0 Å². The monoisotopic (exact) mass is 566 g/mol. The van der Waals surface area contributed by atoms with E-state index in [-0.39, 0.29) is 24.0 Å². The SMILES string of the molecule is CCNC(=NCc1nc(C)c(C)o1)NCCCCSc1ccccc1Br.I. The summed E-state index contributed by atoms with van der Waals surface area (Å²) in [4.78, 5) is 10.2. The largest absolute Gasteiger partial charge is 0.444 e. The van der Waals surface area contributed by atoms with Crippen molar-refractivity contribution in [2.45, 2.75) is 45.1 Å². The van der Waals surface area contributed by atoms with Crippen LogP contribution in [0, 0.1) is 13.8 Å². The summed E-state index contributed by atoms with van der Waals surface area (Å²) in [6, 6.07) is 8.35. The number of aryl methyl sites for hydroxylation is 2. The molecule has 0 aliphatic rings. The van der Waals surface area contributed by atoms with Gasteiger partial charge in [-0.15, -0.1) is 35.7 Å². The first-order valence-electron chi connectivity index (χ1n) is 8.92. The van der Waals surface area contributed by atoms with Crippen LogP contribution in [0.3, 0.4) is 0 Å². The van der Waals surface area contributed by atoms with Crippen LogP contribution in [0.15, 0.2) is 43.0 Å². The summed E-state index contributed by atoms with van der Waals surface area (Å²) >= 11 is 5.47. The lowest BCUT2D eigenvalue weighted by Crippen LogP contribution is -2.37. The molecule has 5 nitrogen and oxygen atoms in total. The predicted molar refractivity (Wildman–Crippen MR) is 128 cm³/mol. The molecule has 0 radical (unpaired) electrons. The molecule has 2 rings (SSSR count). The van der Waals surface area contributed by atoms with E-state index in [1.54, 1.807) is 0 Å². The number of aromatic nitrogens is 1. The highest BCUT2D eigenvalue weighted by atomic mass is 127. The van der Waals surface area contributed by atoms with Gasteiger partial charge < -0.3 is 15.1 Å². The summed E-state index contributed by atoms with van der Waals surface area (Å²) in [5.41, 5.74) is 0.927. The molecule has 0 bridgehead atoms. The molecule has 0 aliphatic heterocycles. The Labute approximate surface area is 191 Å². The molecule has 1 heterocycles. The third-order valence-electron chi connectivity index (χ3n) is 3.75.